The van der Waals surface area contributed by atoms with Crippen molar-refractivity contribution in [2.45, 2.75) is 13.0 Å². The molecule has 2 aromatic heterocycles. The van der Waals surface area contributed by atoms with Gasteiger partial charge in [-0.1, -0.05) is 0 Å². The molecule has 18 heavy (non-hydrogen) atoms. The van der Waals surface area contributed by atoms with Crippen molar-refractivity contribution in [1.82, 2.24) is 15.4 Å². The van der Waals surface area contributed by atoms with Gasteiger partial charge in [0.1, 0.15) is 11.4 Å². The Labute approximate surface area is 106 Å². The fourth-order valence-electron chi connectivity index (χ4n) is 1.89. The van der Waals surface area contributed by atoms with Gasteiger partial charge in [0.25, 0.3) is 0 Å². The Hall–Kier alpha value is -1.98. The van der Waals surface area contributed by atoms with Crippen LogP contribution >= 0.6 is 0 Å². The van der Waals surface area contributed by atoms with E-state index in [1.807, 2.05) is 25.1 Å². The highest BCUT2D eigenvalue weighted by Gasteiger charge is 2.19. The van der Waals surface area contributed by atoms with Crippen LogP contribution in [0.2, 0.25) is 0 Å². The molecular weight excluding hydrogens is 228 g/mol. The lowest BCUT2D eigenvalue weighted by Gasteiger charge is -2.19. The van der Waals surface area contributed by atoms with Crippen LogP contribution in [0.15, 0.2) is 36.8 Å². The van der Waals surface area contributed by atoms with Crippen molar-refractivity contribution in [2.75, 3.05) is 7.11 Å². The first-order valence-corrected chi connectivity index (χ1v) is 5.63. The van der Waals surface area contributed by atoms with Gasteiger partial charge < -0.3 is 4.74 Å². The summed E-state index contributed by atoms with van der Waals surface area (Å²) in [6.07, 6.45) is 5.25. The summed E-state index contributed by atoms with van der Waals surface area (Å²) in [4.78, 5) is 8.47. The summed E-state index contributed by atoms with van der Waals surface area (Å²) < 4.78 is 5.31. The molecule has 2 aromatic rings. The monoisotopic (exact) mass is 244 g/mol. The van der Waals surface area contributed by atoms with Crippen LogP contribution in [-0.4, -0.2) is 17.1 Å². The Morgan fingerprint density at radius 1 is 1.33 bits per heavy atom. The first-order chi connectivity index (χ1) is 8.77. The Kier molecular flexibility index (Phi) is 3.86. The third-order valence-electron chi connectivity index (χ3n) is 2.85. The summed E-state index contributed by atoms with van der Waals surface area (Å²) in [6.45, 7) is 2.01. The number of methoxy groups -OCH3 is 1. The fraction of sp³-hybridized carbons (Fsp3) is 0.231. The Bertz CT molecular complexity index is 530. The number of aromatic nitrogens is 2. The Morgan fingerprint density at radius 3 is 2.83 bits per heavy atom. The smallest absolute Gasteiger partial charge is 0.142 e. The largest absolute Gasteiger partial charge is 0.495 e. The second kappa shape index (κ2) is 5.57. The number of nitrogens with two attached hydrogens (primary N) is 1. The number of aryl methyl sites for hydroxylation is 1. The number of hydrazine groups is 1. The predicted molar refractivity (Wildman–Crippen MR) is 68.9 cm³/mol. The Balaban J connectivity index is 2.49. The number of hydrogen-bond acceptors (Lipinski definition) is 5. The van der Waals surface area contributed by atoms with Gasteiger partial charge in [-0.25, -0.2) is 5.43 Å². The third-order valence-corrected chi connectivity index (χ3v) is 2.85. The lowest BCUT2D eigenvalue weighted by atomic mass is 10.0. The van der Waals surface area contributed by atoms with E-state index in [2.05, 4.69) is 15.4 Å². The molecule has 94 valence electrons. The highest BCUT2D eigenvalue weighted by Crippen LogP contribution is 2.28. The molecule has 0 fully saturated rings. The molecule has 0 aliphatic carbocycles. The number of nitrogens with one attached hydrogen (secondary N) is 1. The summed E-state index contributed by atoms with van der Waals surface area (Å²) in [5.74, 6) is 6.35. The zero-order chi connectivity index (χ0) is 13.0. The van der Waals surface area contributed by atoms with E-state index in [1.165, 1.54) is 0 Å². The quantitative estimate of drug-likeness (QED) is 0.627. The molecule has 0 saturated heterocycles. The number of nitrogens with zero attached hydrogens (tertiary/aromatic N) is 2. The molecule has 2 rings (SSSR count). The minimum Gasteiger partial charge on any atom is -0.495 e. The molecule has 0 bridgehead atoms. The second-order valence-electron chi connectivity index (χ2n) is 3.92. The maximum atomic E-state index is 5.66. The van der Waals surface area contributed by atoms with Crippen molar-refractivity contribution in [3.05, 3.63) is 53.6 Å². The zero-order valence-corrected chi connectivity index (χ0v) is 10.4. The average molecular weight is 244 g/mol. The van der Waals surface area contributed by atoms with Crippen LogP contribution in [0.5, 0.6) is 5.75 Å². The van der Waals surface area contributed by atoms with Gasteiger partial charge >= 0.3 is 0 Å². The van der Waals surface area contributed by atoms with E-state index in [0.717, 1.165) is 16.8 Å². The molecule has 0 spiro atoms. The lowest BCUT2D eigenvalue weighted by molar-refractivity contribution is 0.400. The van der Waals surface area contributed by atoms with Crippen LogP contribution in [0.1, 0.15) is 22.9 Å². The molecule has 0 saturated carbocycles. The van der Waals surface area contributed by atoms with E-state index < -0.39 is 0 Å². The van der Waals surface area contributed by atoms with Crippen LogP contribution in [0.4, 0.5) is 0 Å². The van der Waals surface area contributed by atoms with Gasteiger partial charge in [-0.15, -0.1) is 0 Å². The zero-order valence-electron chi connectivity index (χ0n) is 10.4. The first kappa shape index (κ1) is 12.5. The van der Waals surface area contributed by atoms with Gasteiger partial charge in [0.05, 0.1) is 13.2 Å². The lowest BCUT2D eigenvalue weighted by Crippen LogP contribution is -2.30. The summed E-state index contributed by atoms with van der Waals surface area (Å²) >= 11 is 0. The van der Waals surface area contributed by atoms with Crippen molar-refractivity contribution in [2.24, 2.45) is 5.84 Å². The third kappa shape index (κ3) is 2.32. The number of hydrogen-bond donors (Lipinski definition) is 2. The fourth-order valence-corrected chi connectivity index (χ4v) is 1.89. The summed E-state index contributed by atoms with van der Waals surface area (Å²) in [7, 11) is 1.62. The Morgan fingerprint density at radius 2 is 2.17 bits per heavy atom. The van der Waals surface area contributed by atoms with Crippen molar-refractivity contribution >= 4 is 0 Å². The normalized spacial score (nSPS) is 12.2. The minimum atomic E-state index is -0.241. The molecule has 0 aliphatic rings. The van der Waals surface area contributed by atoms with Gasteiger partial charge in [-0.2, -0.15) is 0 Å². The summed E-state index contributed by atoms with van der Waals surface area (Å²) in [5.41, 5.74) is 5.60. The van der Waals surface area contributed by atoms with Crippen molar-refractivity contribution < 1.29 is 4.74 Å². The second-order valence-corrected chi connectivity index (χ2v) is 3.92. The van der Waals surface area contributed by atoms with Crippen molar-refractivity contribution in [3.63, 3.8) is 0 Å². The van der Waals surface area contributed by atoms with Crippen molar-refractivity contribution in [3.8, 4) is 5.75 Å². The van der Waals surface area contributed by atoms with E-state index in [9.17, 15) is 0 Å². The standard InChI is InChI=1S/C13H16N4O/c1-9-5-7-15-8-10(9)12(17-14)13-11(18-2)4-3-6-16-13/h3-8,12,17H,14H2,1-2H3. The maximum absolute atomic E-state index is 5.66. The summed E-state index contributed by atoms with van der Waals surface area (Å²) in [5, 5.41) is 0. The molecule has 0 amide bonds. The molecule has 2 heterocycles. The number of pyridine rings is 2. The van der Waals surface area contributed by atoms with Crippen LogP contribution in [0.25, 0.3) is 0 Å². The van der Waals surface area contributed by atoms with Gasteiger partial charge in [-0.3, -0.25) is 15.8 Å². The van der Waals surface area contributed by atoms with Gasteiger partial charge in [0, 0.05) is 18.6 Å². The number of ether oxygens (including phenoxy) is 1. The van der Waals surface area contributed by atoms with Gasteiger partial charge in [0.15, 0.2) is 0 Å². The van der Waals surface area contributed by atoms with Crippen LogP contribution in [-0.2, 0) is 0 Å². The molecule has 0 aliphatic heterocycles. The molecule has 1 atom stereocenters. The highest BCUT2D eigenvalue weighted by atomic mass is 16.5. The average Bonchev–Trinajstić information content (AvgIpc) is 2.42. The molecule has 0 radical (unpaired) electrons. The minimum absolute atomic E-state index is 0.241. The topological polar surface area (TPSA) is 73.1 Å². The highest BCUT2D eigenvalue weighted by molar-refractivity contribution is 5.38. The maximum Gasteiger partial charge on any atom is 0.142 e. The molecule has 0 aromatic carbocycles. The van der Waals surface area contributed by atoms with Crippen molar-refractivity contribution in [1.29, 1.82) is 0 Å². The van der Waals surface area contributed by atoms with E-state index in [0.29, 0.717) is 5.75 Å². The summed E-state index contributed by atoms with van der Waals surface area (Å²) in [6, 6.07) is 5.38. The predicted octanol–water partition coefficient (Wildman–Crippen LogP) is 1.35. The number of rotatable bonds is 4. The first-order valence-electron chi connectivity index (χ1n) is 5.63. The van der Waals surface area contributed by atoms with E-state index in [1.54, 1.807) is 25.7 Å². The molecule has 5 heteroatoms. The molecule has 5 nitrogen and oxygen atoms in total. The SMILES string of the molecule is COc1cccnc1C(NN)c1cnccc1C. The van der Waals surface area contributed by atoms with Crippen LogP contribution in [0.3, 0.4) is 0 Å². The van der Waals surface area contributed by atoms with E-state index in [-0.39, 0.29) is 6.04 Å². The molecule has 1 unspecified atom stereocenters. The molecular formula is C13H16N4O. The van der Waals surface area contributed by atoms with Gasteiger partial charge in [0.2, 0.25) is 0 Å². The molecule has 3 N–H and O–H groups in total. The van der Waals surface area contributed by atoms with E-state index in [4.69, 9.17) is 10.6 Å². The van der Waals surface area contributed by atoms with Crippen LogP contribution < -0.4 is 16.0 Å². The van der Waals surface area contributed by atoms with Gasteiger partial charge in [-0.05, 0) is 36.2 Å². The van der Waals surface area contributed by atoms with Crippen LogP contribution in [0, 0.1) is 6.92 Å². The van der Waals surface area contributed by atoms with E-state index >= 15 is 0 Å².